The molecule has 1 saturated heterocycles. The Morgan fingerprint density at radius 3 is 2.71 bits per heavy atom. The Bertz CT molecular complexity index is 1210. The van der Waals surface area contributed by atoms with Crippen molar-refractivity contribution in [1.29, 1.82) is 5.26 Å². The lowest BCUT2D eigenvalue weighted by molar-refractivity contribution is -0.155. The van der Waals surface area contributed by atoms with E-state index in [1.807, 2.05) is 18.2 Å². The van der Waals surface area contributed by atoms with Crippen molar-refractivity contribution in [3.63, 3.8) is 0 Å². The minimum absolute atomic E-state index is 0.156. The van der Waals surface area contributed by atoms with E-state index in [0.29, 0.717) is 50.0 Å². The SMILES string of the molecule is CCOC(=O)[C@@H](C)OC[C@@H](C)NC1CCC(Cc2cc(-c3cccc(NCC4(C#N)CCOCC4)n3)c(Cl)cn2)CC1. The highest BCUT2D eigenvalue weighted by Crippen LogP contribution is 2.33. The average Bonchev–Trinajstić information content (AvgIpc) is 3.01. The lowest BCUT2D eigenvalue weighted by Gasteiger charge is -2.31. The van der Waals surface area contributed by atoms with Crippen LogP contribution in [0.1, 0.15) is 65.0 Å². The van der Waals surface area contributed by atoms with Crippen LogP contribution in [-0.4, -0.2) is 67.1 Å². The summed E-state index contributed by atoms with van der Waals surface area (Å²) in [6.07, 6.45) is 7.94. The molecule has 0 unspecified atom stereocenters. The molecule has 9 nitrogen and oxygen atoms in total. The summed E-state index contributed by atoms with van der Waals surface area (Å²) < 4.78 is 16.2. The zero-order valence-electron chi connectivity index (χ0n) is 25.0. The summed E-state index contributed by atoms with van der Waals surface area (Å²) in [6.45, 7) is 8.21. The molecule has 4 rings (SSSR count). The molecule has 0 amide bonds. The summed E-state index contributed by atoms with van der Waals surface area (Å²) in [6, 6.07) is 11.0. The van der Waals surface area contributed by atoms with Gasteiger partial charge in [0.05, 0.1) is 35.4 Å². The van der Waals surface area contributed by atoms with Crippen molar-refractivity contribution in [1.82, 2.24) is 15.3 Å². The number of carbonyl (C=O) groups is 1. The summed E-state index contributed by atoms with van der Waals surface area (Å²) >= 11 is 6.59. The van der Waals surface area contributed by atoms with Crippen molar-refractivity contribution in [2.45, 2.75) is 83.9 Å². The van der Waals surface area contributed by atoms with E-state index in [1.165, 1.54) is 0 Å². The molecule has 1 aliphatic heterocycles. The molecule has 2 atom stereocenters. The predicted octanol–water partition coefficient (Wildman–Crippen LogP) is 5.58. The maximum absolute atomic E-state index is 11.8. The van der Waals surface area contributed by atoms with Crippen LogP contribution in [-0.2, 0) is 25.4 Å². The van der Waals surface area contributed by atoms with Gasteiger partial charge < -0.3 is 24.8 Å². The Morgan fingerprint density at radius 1 is 1.24 bits per heavy atom. The van der Waals surface area contributed by atoms with Gasteiger partial charge in [0.25, 0.3) is 0 Å². The van der Waals surface area contributed by atoms with E-state index in [1.54, 1.807) is 20.0 Å². The minimum Gasteiger partial charge on any atom is -0.464 e. The number of halogens is 1. The molecular formula is C32H44ClN5O4. The van der Waals surface area contributed by atoms with Gasteiger partial charge in [-0.25, -0.2) is 9.78 Å². The van der Waals surface area contributed by atoms with E-state index in [-0.39, 0.29) is 12.0 Å². The number of rotatable bonds is 13. The van der Waals surface area contributed by atoms with Gasteiger partial charge in [0.2, 0.25) is 0 Å². The van der Waals surface area contributed by atoms with Gasteiger partial charge in [-0.05, 0) is 89.8 Å². The van der Waals surface area contributed by atoms with Gasteiger partial charge in [-0.3, -0.25) is 4.98 Å². The third kappa shape index (κ3) is 9.11. The molecule has 2 aromatic rings. The number of nitrogens with one attached hydrogen (secondary N) is 2. The van der Waals surface area contributed by atoms with Crippen LogP contribution in [0.3, 0.4) is 0 Å². The molecule has 2 aliphatic rings. The minimum atomic E-state index is -0.552. The highest BCUT2D eigenvalue weighted by atomic mass is 35.5. The van der Waals surface area contributed by atoms with Crippen LogP contribution in [0.5, 0.6) is 0 Å². The molecule has 0 radical (unpaired) electrons. The molecule has 2 N–H and O–H groups in total. The van der Waals surface area contributed by atoms with E-state index in [9.17, 15) is 10.1 Å². The number of nitrogens with zero attached hydrogens (tertiary/aromatic N) is 3. The fourth-order valence-corrected chi connectivity index (χ4v) is 5.92. The number of carbonyl (C=O) groups excluding carboxylic acids is 1. The summed E-state index contributed by atoms with van der Waals surface area (Å²) in [4.78, 5) is 21.2. The highest BCUT2D eigenvalue weighted by Gasteiger charge is 2.32. The third-order valence-electron chi connectivity index (χ3n) is 8.31. The van der Waals surface area contributed by atoms with Crippen molar-refractivity contribution >= 4 is 23.4 Å². The monoisotopic (exact) mass is 597 g/mol. The number of hydrogen-bond donors (Lipinski definition) is 2. The van der Waals surface area contributed by atoms with Gasteiger partial charge in [-0.15, -0.1) is 0 Å². The van der Waals surface area contributed by atoms with Crippen LogP contribution in [0.2, 0.25) is 5.02 Å². The van der Waals surface area contributed by atoms with Crippen molar-refractivity contribution in [2.24, 2.45) is 11.3 Å². The number of esters is 1. The van der Waals surface area contributed by atoms with Crippen LogP contribution in [0.25, 0.3) is 11.3 Å². The molecular weight excluding hydrogens is 554 g/mol. The van der Waals surface area contributed by atoms with Crippen molar-refractivity contribution < 1.29 is 19.0 Å². The van der Waals surface area contributed by atoms with Crippen molar-refractivity contribution in [2.75, 3.05) is 38.3 Å². The first-order valence-electron chi connectivity index (χ1n) is 15.2. The molecule has 10 heteroatoms. The predicted molar refractivity (Wildman–Crippen MR) is 163 cm³/mol. The van der Waals surface area contributed by atoms with Crippen LogP contribution in [0.4, 0.5) is 5.82 Å². The second-order valence-corrected chi connectivity index (χ2v) is 12.0. The fourth-order valence-electron chi connectivity index (χ4n) is 5.72. The Hall–Kier alpha value is -2.77. The second kappa shape index (κ2) is 15.6. The normalized spacial score (nSPS) is 21.6. The quantitative estimate of drug-likeness (QED) is 0.285. The standard InChI is InChI=1S/C32H44ClN5O4/c1-4-41-31(39)23(3)42-19-22(2)37-25-10-8-24(9-11-25)16-26-17-27(28(33)18-35-26)29-6-5-7-30(38-29)36-21-32(20-34)12-14-40-15-13-32/h5-7,17-18,22-25,37H,4,8-16,19,21H2,1-3H3,(H,36,38)/t22-,23-,24?,25?/m1/s1. The molecule has 1 aliphatic carbocycles. The Morgan fingerprint density at radius 2 is 2.00 bits per heavy atom. The van der Waals surface area contributed by atoms with Gasteiger partial charge >= 0.3 is 5.97 Å². The number of nitriles is 1. The van der Waals surface area contributed by atoms with Gasteiger partial charge in [-0.1, -0.05) is 17.7 Å². The first-order valence-corrected chi connectivity index (χ1v) is 15.6. The van der Waals surface area contributed by atoms with Crippen LogP contribution in [0.15, 0.2) is 30.5 Å². The number of anilines is 1. The summed E-state index contributed by atoms with van der Waals surface area (Å²) in [5, 5.41) is 17.4. The zero-order chi connectivity index (χ0) is 30.0. The van der Waals surface area contributed by atoms with Gasteiger partial charge in [0.1, 0.15) is 5.82 Å². The summed E-state index contributed by atoms with van der Waals surface area (Å²) in [5.74, 6) is 0.967. The van der Waals surface area contributed by atoms with Crippen molar-refractivity contribution in [3.05, 3.63) is 41.2 Å². The largest absolute Gasteiger partial charge is 0.464 e. The topological polar surface area (TPSA) is 118 Å². The highest BCUT2D eigenvalue weighted by molar-refractivity contribution is 6.33. The first kappa shape index (κ1) is 32.2. The van der Waals surface area contributed by atoms with Gasteiger partial charge in [0, 0.05) is 49.3 Å². The second-order valence-electron chi connectivity index (χ2n) is 11.6. The summed E-state index contributed by atoms with van der Waals surface area (Å²) in [5.41, 5.74) is 2.24. The lowest BCUT2D eigenvalue weighted by atomic mass is 9.82. The van der Waals surface area contributed by atoms with E-state index in [0.717, 1.165) is 67.7 Å². The Labute approximate surface area is 254 Å². The van der Waals surface area contributed by atoms with Crippen LogP contribution >= 0.6 is 11.6 Å². The van der Waals surface area contributed by atoms with E-state index >= 15 is 0 Å². The van der Waals surface area contributed by atoms with E-state index in [4.69, 9.17) is 30.8 Å². The first-order chi connectivity index (χ1) is 20.3. The zero-order valence-corrected chi connectivity index (χ0v) is 25.8. The van der Waals surface area contributed by atoms with E-state index in [2.05, 4.69) is 34.7 Å². The Balaban J connectivity index is 1.28. The number of aromatic nitrogens is 2. The third-order valence-corrected chi connectivity index (χ3v) is 8.61. The van der Waals surface area contributed by atoms with Gasteiger partial charge in [0.15, 0.2) is 6.10 Å². The lowest BCUT2D eigenvalue weighted by Crippen LogP contribution is -2.42. The number of pyridine rings is 2. The summed E-state index contributed by atoms with van der Waals surface area (Å²) in [7, 11) is 0. The smallest absolute Gasteiger partial charge is 0.334 e. The molecule has 228 valence electrons. The maximum atomic E-state index is 11.8. The van der Waals surface area contributed by atoms with Crippen LogP contribution in [0, 0.1) is 22.7 Å². The van der Waals surface area contributed by atoms with E-state index < -0.39 is 11.5 Å². The maximum Gasteiger partial charge on any atom is 0.334 e. The number of ether oxygens (including phenoxy) is 3. The fraction of sp³-hybridized carbons (Fsp3) is 0.625. The molecule has 0 aromatic carbocycles. The molecule has 3 heterocycles. The molecule has 0 bridgehead atoms. The molecule has 0 spiro atoms. The van der Waals surface area contributed by atoms with Gasteiger partial charge in [-0.2, -0.15) is 5.26 Å². The molecule has 2 fully saturated rings. The molecule has 1 saturated carbocycles. The molecule has 42 heavy (non-hydrogen) atoms. The van der Waals surface area contributed by atoms with Crippen molar-refractivity contribution in [3.8, 4) is 17.3 Å². The number of hydrogen-bond acceptors (Lipinski definition) is 9. The average molecular weight is 598 g/mol. The molecule has 2 aromatic heterocycles. The van der Waals surface area contributed by atoms with Crippen LogP contribution < -0.4 is 10.6 Å². The Kier molecular flexibility index (Phi) is 12.0.